The van der Waals surface area contributed by atoms with Crippen molar-refractivity contribution in [3.05, 3.63) is 24.0 Å². The molecule has 0 unspecified atom stereocenters. The van der Waals surface area contributed by atoms with E-state index in [9.17, 15) is 5.11 Å². The lowest BCUT2D eigenvalue weighted by Crippen LogP contribution is -1.95. The van der Waals surface area contributed by atoms with Crippen molar-refractivity contribution in [2.24, 2.45) is 0 Å². The topological polar surface area (TPSA) is 62.8 Å². The van der Waals surface area contributed by atoms with Gasteiger partial charge < -0.3 is 19.4 Å². The van der Waals surface area contributed by atoms with Gasteiger partial charge in [-0.05, 0) is 18.9 Å². The molecule has 0 aliphatic carbocycles. The van der Waals surface area contributed by atoms with E-state index in [1.807, 2.05) is 0 Å². The number of hydrogen-bond acceptors (Lipinski definition) is 4. The Morgan fingerprint density at radius 1 is 1.44 bits per heavy atom. The van der Waals surface area contributed by atoms with Crippen molar-refractivity contribution in [1.82, 2.24) is 0 Å². The molecule has 2 aromatic rings. The summed E-state index contributed by atoms with van der Waals surface area (Å²) in [5, 5.41) is 19.5. The Kier molecular flexibility index (Phi) is 3.01. The van der Waals surface area contributed by atoms with Gasteiger partial charge in [0.2, 0.25) is 0 Å². The molecule has 16 heavy (non-hydrogen) atoms. The maximum Gasteiger partial charge on any atom is 0.141 e. The fourth-order valence-corrected chi connectivity index (χ4v) is 1.84. The molecule has 86 valence electrons. The maximum atomic E-state index is 9.84. The van der Waals surface area contributed by atoms with E-state index < -0.39 is 0 Å². The molecule has 0 spiro atoms. The highest BCUT2D eigenvalue weighted by atomic mass is 16.5. The number of phenols is 1. The molecule has 1 aromatic heterocycles. The predicted molar refractivity (Wildman–Crippen MR) is 59.8 cm³/mol. The van der Waals surface area contributed by atoms with E-state index in [0.29, 0.717) is 29.7 Å². The normalized spacial score (nSPS) is 10.9. The third-order valence-corrected chi connectivity index (χ3v) is 2.58. The van der Waals surface area contributed by atoms with Crippen LogP contribution in [0.2, 0.25) is 0 Å². The number of ether oxygens (including phenoxy) is 1. The fraction of sp³-hybridized carbons (Fsp3) is 0.333. The van der Waals surface area contributed by atoms with Gasteiger partial charge in [-0.2, -0.15) is 0 Å². The summed E-state index contributed by atoms with van der Waals surface area (Å²) >= 11 is 0. The molecule has 2 N–H and O–H groups in total. The summed E-state index contributed by atoms with van der Waals surface area (Å²) in [6.45, 7) is 0.0893. The predicted octanol–water partition coefficient (Wildman–Crippen LogP) is 2.07. The lowest BCUT2D eigenvalue weighted by atomic mass is 10.0. The van der Waals surface area contributed by atoms with Gasteiger partial charge in [0, 0.05) is 18.2 Å². The second-order valence-electron chi connectivity index (χ2n) is 3.57. The summed E-state index contributed by atoms with van der Waals surface area (Å²) in [6, 6.07) is 3.38. The molecular formula is C12H14O4. The number of benzene rings is 1. The summed E-state index contributed by atoms with van der Waals surface area (Å²) in [4.78, 5) is 0. The van der Waals surface area contributed by atoms with Gasteiger partial charge >= 0.3 is 0 Å². The molecule has 0 bridgehead atoms. The number of methoxy groups -OCH3 is 1. The number of furan rings is 1. The lowest BCUT2D eigenvalue weighted by Gasteiger charge is -2.10. The van der Waals surface area contributed by atoms with Crippen LogP contribution in [0.25, 0.3) is 11.0 Å². The number of phenolic OH excluding ortho intramolecular Hbond substituents is 1. The maximum absolute atomic E-state index is 9.84. The second kappa shape index (κ2) is 4.45. The number of aromatic hydroxyl groups is 1. The first-order valence-corrected chi connectivity index (χ1v) is 5.14. The van der Waals surface area contributed by atoms with Crippen LogP contribution >= 0.6 is 0 Å². The molecule has 2 rings (SSSR count). The van der Waals surface area contributed by atoms with E-state index in [-0.39, 0.29) is 12.4 Å². The van der Waals surface area contributed by atoms with Gasteiger partial charge in [-0.25, -0.2) is 0 Å². The molecule has 0 saturated carbocycles. The van der Waals surface area contributed by atoms with Crippen molar-refractivity contribution >= 4 is 11.0 Å². The summed E-state index contributed by atoms with van der Waals surface area (Å²) in [7, 11) is 1.56. The van der Waals surface area contributed by atoms with E-state index in [0.717, 1.165) is 5.39 Å². The molecule has 1 heterocycles. The Labute approximate surface area is 93.1 Å². The van der Waals surface area contributed by atoms with Crippen molar-refractivity contribution in [3.8, 4) is 11.5 Å². The van der Waals surface area contributed by atoms with Gasteiger partial charge in [-0.15, -0.1) is 0 Å². The zero-order valence-corrected chi connectivity index (χ0v) is 9.06. The molecule has 0 aliphatic rings. The summed E-state index contributed by atoms with van der Waals surface area (Å²) in [6.07, 6.45) is 2.72. The van der Waals surface area contributed by atoms with Crippen LogP contribution < -0.4 is 4.74 Å². The van der Waals surface area contributed by atoms with E-state index in [1.54, 1.807) is 25.5 Å². The average molecular weight is 222 g/mol. The highest BCUT2D eigenvalue weighted by Crippen LogP contribution is 2.37. The molecule has 4 heteroatoms. The Bertz CT molecular complexity index is 487. The Hall–Kier alpha value is -1.68. The van der Waals surface area contributed by atoms with Gasteiger partial charge in [0.15, 0.2) is 0 Å². The zero-order chi connectivity index (χ0) is 11.5. The molecule has 0 fully saturated rings. The minimum atomic E-state index is 0.0893. The SMILES string of the molecule is COc1c(CCCO)c(O)cc2occc12. The first-order chi connectivity index (χ1) is 7.77. The third kappa shape index (κ3) is 1.72. The third-order valence-electron chi connectivity index (χ3n) is 2.58. The van der Waals surface area contributed by atoms with Gasteiger partial charge in [0.05, 0.1) is 18.8 Å². The zero-order valence-electron chi connectivity index (χ0n) is 9.06. The van der Waals surface area contributed by atoms with E-state index >= 15 is 0 Å². The standard InChI is InChI=1S/C12H14O4/c1-15-12-8(3-2-5-13)10(14)7-11-9(12)4-6-16-11/h4,6-7,13-14H,2-3,5H2,1H3. The lowest BCUT2D eigenvalue weighted by molar-refractivity contribution is 0.287. The minimum Gasteiger partial charge on any atom is -0.507 e. The van der Waals surface area contributed by atoms with Crippen LogP contribution in [0.5, 0.6) is 11.5 Å². The van der Waals surface area contributed by atoms with Crippen LogP contribution in [0.3, 0.4) is 0 Å². The fourth-order valence-electron chi connectivity index (χ4n) is 1.84. The smallest absolute Gasteiger partial charge is 0.141 e. The van der Waals surface area contributed by atoms with Gasteiger partial charge in [-0.3, -0.25) is 0 Å². The van der Waals surface area contributed by atoms with Crippen molar-refractivity contribution in [2.45, 2.75) is 12.8 Å². The summed E-state index contributed by atoms with van der Waals surface area (Å²) < 4.78 is 10.5. The molecular weight excluding hydrogens is 208 g/mol. The van der Waals surface area contributed by atoms with Crippen molar-refractivity contribution < 1.29 is 19.4 Å². The van der Waals surface area contributed by atoms with Crippen LogP contribution in [-0.4, -0.2) is 23.9 Å². The van der Waals surface area contributed by atoms with Gasteiger partial charge in [-0.1, -0.05) is 0 Å². The highest BCUT2D eigenvalue weighted by Gasteiger charge is 2.15. The number of aliphatic hydroxyl groups is 1. The molecule has 4 nitrogen and oxygen atoms in total. The van der Waals surface area contributed by atoms with Crippen LogP contribution in [0.15, 0.2) is 22.8 Å². The van der Waals surface area contributed by atoms with Crippen LogP contribution in [0, 0.1) is 0 Å². The molecule has 0 radical (unpaired) electrons. The van der Waals surface area contributed by atoms with E-state index in [2.05, 4.69) is 0 Å². The molecule has 1 aromatic carbocycles. The summed E-state index contributed by atoms with van der Waals surface area (Å²) in [5.74, 6) is 0.768. The molecule has 0 amide bonds. The monoisotopic (exact) mass is 222 g/mol. The van der Waals surface area contributed by atoms with Crippen LogP contribution in [0.1, 0.15) is 12.0 Å². The first-order valence-electron chi connectivity index (χ1n) is 5.14. The number of hydrogen-bond donors (Lipinski definition) is 2. The highest BCUT2D eigenvalue weighted by molar-refractivity contribution is 5.87. The number of rotatable bonds is 4. The molecule has 0 aliphatic heterocycles. The average Bonchev–Trinajstić information content (AvgIpc) is 2.73. The first kappa shape index (κ1) is 10.8. The quantitative estimate of drug-likeness (QED) is 0.831. The van der Waals surface area contributed by atoms with Crippen LogP contribution in [0.4, 0.5) is 0 Å². The number of fused-ring (bicyclic) bond motifs is 1. The second-order valence-corrected chi connectivity index (χ2v) is 3.57. The van der Waals surface area contributed by atoms with Crippen molar-refractivity contribution in [2.75, 3.05) is 13.7 Å². The largest absolute Gasteiger partial charge is 0.507 e. The minimum absolute atomic E-state index is 0.0893. The van der Waals surface area contributed by atoms with Gasteiger partial charge in [0.1, 0.15) is 17.1 Å². The number of aliphatic hydroxyl groups excluding tert-OH is 1. The summed E-state index contributed by atoms with van der Waals surface area (Å²) in [5.41, 5.74) is 1.31. The van der Waals surface area contributed by atoms with E-state index in [4.69, 9.17) is 14.3 Å². The van der Waals surface area contributed by atoms with Crippen molar-refractivity contribution in [1.29, 1.82) is 0 Å². The Morgan fingerprint density at radius 2 is 2.25 bits per heavy atom. The Morgan fingerprint density at radius 3 is 2.94 bits per heavy atom. The van der Waals surface area contributed by atoms with Crippen LogP contribution in [-0.2, 0) is 6.42 Å². The molecule has 0 saturated heterocycles. The van der Waals surface area contributed by atoms with Crippen molar-refractivity contribution in [3.63, 3.8) is 0 Å². The Balaban J connectivity index is 2.55. The van der Waals surface area contributed by atoms with Gasteiger partial charge in [0.25, 0.3) is 0 Å². The molecule has 0 atom stereocenters. The van der Waals surface area contributed by atoms with E-state index in [1.165, 1.54) is 0 Å².